The van der Waals surface area contributed by atoms with E-state index in [1.165, 1.54) is 12.8 Å². The lowest BCUT2D eigenvalue weighted by atomic mass is 9.88. The van der Waals surface area contributed by atoms with Crippen LogP contribution in [0.15, 0.2) is 11.1 Å². The fourth-order valence-corrected chi connectivity index (χ4v) is 3.67. The maximum absolute atomic E-state index is 2.45. The highest BCUT2D eigenvalue weighted by atomic mass is 14.7. The molecule has 13 heavy (non-hydrogen) atoms. The van der Waals surface area contributed by atoms with E-state index < -0.39 is 0 Å². The fourth-order valence-electron chi connectivity index (χ4n) is 3.67. The minimum atomic E-state index is 0.630. The Morgan fingerprint density at radius 1 is 1.38 bits per heavy atom. The highest BCUT2D eigenvalue weighted by Gasteiger charge is 2.65. The van der Waals surface area contributed by atoms with Crippen LogP contribution in [0.4, 0.5) is 0 Å². The molecule has 0 heterocycles. The van der Waals surface area contributed by atoms with E-state index in [9.17, 15) is 0 Å². The van der Waals surface area contributed by atoms with Crippen molar-refractivity contribution in [3.05, 3.63) is 11.1 Å². The van der Waals surface area contributed by atoms with Crippen LogP contribution in [0.3, 0.4) is 0 Å². The van der Waals surface area contributed by atoms with Crippen molar-refractivity contribution in [3.63, 3.8) is 0 Å². The molecule has 0 aromatic rings. The summed E-state index contributed by atoms with van der Waals surface area (Å²) >= 11 is 0. The van der Waals surface area contributed by atoms with Gasteiger partial charge in [0.15, 0.2) is 0 Å². The average Bonchev–Trinajstić information content (AvgIpc) is 2.47. The summed E-state index contributed by atoms with van der Waals surface area (Å²) in [6, 6.07) is 0. The zero-order chi connectivity index (χ0) is 9.80. The molecule has 2 fully saturated rings. The second-order valence-electron chi connectivity index (χ2n) is 5.72. The summed E-state index contributed by atoms with van der Waals surface area (Å²) in [7, 11) is 0. The van der Waals surface area contributed by atoms with Crippen LogP contribution >= 0.6 is 0 Å². The van der Waals surface area contributed by atoms with Crippen molar-refractivity contribution < 1.29 is 0 Å². The molecule has 2 rings (SSSR count). The van der Waals surface area contributed by atoms with E-state index in [0.29, 0.717) is 5.41 Å². The third-order valence-electron chi connectivity index (χ3n) is 4.44. The molecule has 0 nitrogen and oxygen atoms in total. The summed E-state index contributed by atoms with van der Waals surface area (Å²) in [6.07, 6.45) is 2.78. The summed E-state index contributed by atoms with van der Waals surface area (Å²) in [4.78, 5) is 0. The van der Waals surface area contributed by atoms with Gasteiger partial charge >= 0.3 is 0 Å². The van der Waals surface area contributed by atoms with Crippen LogP contribution in [-0.4, -0.2) is 0 Å². The SMILES string of the molecule is CCC1CC(=C(C)C)C2[C@H]1C2(C)C. The molecule has 0 saturated heterocycles. The zero-order valence-corrected chi connectivity index (χ0v) is 9.65. The van der Waals surface area contributed by atoms with Crippen LogP contribution in [-0.2, 0) is 0 Å². The normalized spacial score (nSPS) is 40.4. The van der Waals surface area contributed by atoms with E-state index in [2.05, 4.69) is 34.6 Å². The molecule has 2 aliphatic rings. The lowest BCUT2D eigenvalue weighted by Gasteiger charge is -2.17. The van der Waals surface area contributed by atoms with E-state index >= 15 is 0 Å². The van der Waals surface area contributed by atoms with Gasteiger partial charge in [-0.1, -0.05) is 38.3 Å². The van der Waals surface area contributed by atoms with E-state index in [4.69, 9.17) is 0 Å². The second-order valence-corrected chi connectivity index (χ2v) is 5.72. The van der Waals surface area contributed by atoms with Gasteiger partial charge in [-0.3, -0.25) is 0 Å². The number of rotatable bonds is 1. The van der Waals surface area contributed by atoms with Crippen molar-refractivity contribution in [1.82, 2.24) is 0 Å². The number of hydrogen-bond donors (Lipinski definition) is 0. The number of fused-ring (bicyclic) bond motifs is 1. The summed E-state index contributed by atoms with van der Waals surface area (Å²) in [5.74, 6) is 2.95. The van der Waals surface area contributed by atoms with E-state index in [-0.39, 0.29) is 0 Å². The summed E-state index contributed by atoms with van der Waals surface area (Å²) in [5, 5.41) is 0. The largest absolute Gasteiger partial charge is 0.0769 e. The lowest BCUT2D eigenvalue weighted by Crippen LogP contribution is -2.07. The highest BCUT2D eigenvalue weighted by Crippen LogP contribution is 2.72. The van der Waals surface area contributed by atoms with Gasteiger partial charge in [0, 0.05) is 0 Å². The molecule has 2 aliphatic carbocycles. The third kappa shape index (κ3) is 1.11. The van der Waals surface area contributed by atoms with Crippen LogP contribution < -0.4 is 0 Å². The third-order valence-corrected chi connectivity index (χ3v) is 4.44. The number of hydrogen-bond acceptors (Lipinski definition) is 0. The molecule has 0 radical (unpaired) electrons. The Hall–Kier alpha value is -0.260. The molecule has 0 N–H and O–H groups in total. The molecule has 2 saturated carbocycles. The minimum absolute atomic E-state index is 0.630. The Morgan fingerprint density at radius 2 is 2.00 bits per heavy atom. The predicted octanol–water partition coefficient (Wildman–Crippen LogP) is 4.02. The average molecular weight is 178 g/mol. The summed E-state index contributed by atoms with van der Waals surface area (Å²) in [6.45, 7) is 11.8. The quantitative estimate of drug-likeness (QED) is 0.532. The van der Waals surface area contributed by atoms with Crippen LogP contribution in [0.5, 0.6) is 0 Å². The van der Waals surface area contributed by atoms with Crippen LogP contribution in [0.1, 0.15) is 47.5 Å². The predicted molar refractivity (Wildman–Crippen MR) is 57.5 cm³/mol. The van der Waals surface area contributed by atoms with Gasteiger partial charge in [0.25, 0.3) is 0 Å². The van der Waals surface area contributed by atoms with Gasteiger partial charge < -0.3 is 0 Å². The van der Waals surface area contributed by atoms with Crippen molar-refractivity contribution in [3.8, 4) is 0 Å². The fraction of sp³-hybridized carbons (Fsp3) is 0.846. The van der Waals surface area contributed by atoms with Crippen LogP contribution in [0.2, 0.25) is 0 Å². The molecular formula is C13H22. The van der Waals surface area contributed by atoms with Crippen molar-refractivity contribution in [2.75, 3.05) is 0 Å². The Labute approximate surface area is 82.4 Å². The molecule has 0 aliphatic heterocycles. The van der Waals surface area contributed by atoms with Crippen LogP contribution in [0, 0.1) is 23.2 Å². The molecule has 0 bridgehead atoms. The molecule has 0 amide bonds. The monoisotopic (exact) mass is 178 g/mol. The van der Waals surface area contributed by atoms with E-state index in [1.54, 1.807) is 11.1 Å². The van der Waals surface area contributed by atoms with E-state index in [0.717, 1.165) is 17.8 Å². The molecule has 0 spiro atoms. The Morgan fingerprint density at radius 3 is 2.31 bits per heavy atom. The minimum Gasteiger partial charge on any atom is -0.0769 e. The zero-order valence-electron chi connectivity index (χ0n) is 9.65. The van der Waals surface area contributed by atoms with Gasteiger partial charge in [0.1, 0.15) is 0 Å². The Balaban J connectivity index is 2.27. The standard InChI is InChI=1S/C13H22/c1-6-9-7-10(8(2)3)12-11(9)13(12,4)5/h9,11-12H,6-7H2,1-5H3/t9?,11-,12?/m0/s1. The van der Waals surface area contributed by atoms with Gasteiger partial charge in [0.2, 0.25) is 0 Å². The van der Waals surface area contributed by atoms with Crippen molar-refractivity contribution in [2.45, 2.75) is 47.5 Å². The first-order valence-electron chi connectivity index (χ1n) is 5.66. The van der Waals surface area contributed by atoms with Gasteiger partial charge in [-0.25, -0.2) is 0 Å². The first-order valence-corrected chi connectivity index (χ1v) is 5.66. The molecular weight excluding hydrogens is 156 g/mol. The maximum Gasteiger partial charge on any atom is -0.0110 e. The molecule has 0 heteroatoms. The highest BCUT2D eigenvalue weighted by molar-refractivity contribution is 5.33. The van der Waals surface area contributed by atoms with Gasteiger partial charge in [-0.15, -0.1) is 0 Å². The first kappa shape index (κ1) is 9.30. The molecule has 2 unspecified atom stereocenters. The van der Waals surface area contributed by atoms with Crippen LogP contribution in [0.25, 0.3) is 0 Å². The van der Waals surface area contributed by atoms with Crippen molar-refractivity contribution in [2.24, 2.45) is 23.2 Å². The maximum atomic E-state index is 2.45. The summed E-state index contributed by atoms with van der Waals surface area (Å²) in [5.41, 5.74) is 4.02. The van der Waals surface area contributed by atoms with Gasteiger partial charge in [-0.05, 0) is 43.4 Å². The lowest BCUT2D eigenvalue weighted by molar-refractivity contribution is 0.382. The van der Waals surface area contributed by atoms with Crippen molar-refractivity contribution in [1.29, 1.82) is 0 Å². The molecule has 0 aromatic carbocycles. The van der Waals surface area contributed by atoms with Gasteiger partial charge in [0.05, 0.1) is 0 Å². The van der Waals surface area contributed by atoms with Gasteiger partial charge in [-0.2, -0.15) is 0 Å². The summed E-state index contributed by atoms with van der Waals surface area (Å²) < 4.78 is 0. The Bertz CT molecular complexity index is 253. The molecule has 0 aromatic heterocycles. The van der Waals surface area contributed by atoms with Crippen molar-refractivity contribution >= 4 is 0 Å². The second kappa shape index (κ2) is 2.62. The number of allylic oxidation sites excluding steroid dienone is 2. The Kier molecular flexibility index (Phi) is 1.87. The first-order chi connectivity index (χ1) is 6.00. The molecule has 74 valence electrons. The smallest absolute Gasteiger partial charge is 0.0110 e. The topological polar surface area (TPSA) is 0 Å². The van der Waals surface area contributed by atoms with E-state index in [1.807, 2.05) is 0 Å². The molecule has 3 atom stereocenters.